The summed E-state index contributed by atoms with van der Waals surface area (Å²) in [4.78, 5) is 11.5. The molecule has 0 aromatic rings. The molecule has 0 radical (unpaired) electrons. The summed E-state index contributed by atoms with van der Waals surface area (Å²) in [6.07, 6.45) is 0.567. The molecular formula is C11H16O3. The van der Waals surface area contributed by atoms with Crippen LogP contribution in [0.25, 0.3) is 0 Å². The second-order valence-electron chi connectivity index (χ2n) is 4.79. The summed E-state index contributed by atoms with van der Waals surface area (Å²) in [7, 11) is 0. The zero-order valence-corrected chi connectivity index (χ0v) is 8.83. The standard InChI is InChI=1S/C11H16O3/c1-6-4-8-9(12)14-10(13)11(8,3)5-7(6)2/h8,10,13H,4-5H2,1-3H3. The first kappa shape index (κ1) is 9.71. The van der Waals surface area contributed by atoms with Crippen LogP contribution in [-0.4, -0.2) is 17.4 Å². The Kier molecular flexibility index (Phi) is 1.96. The fourth-order valence-corrected chi connectivity index (χ4v) is 2.50. The average molecular weight is 196 g/mol. The van der Waals surface area contributed by atoms with Crippen LogP contribution in [0.2, 0.25) is 0 Å². The van der Waals surface area contributed by atoms with Gasteiger partial charge < -0.3 is 9.84 Å². The van der Waals surface area contributed by atoms with Gasteiger partial charge in [0, 0.05) is 5.41 Å². The molecule has 3 nitrogen and oxygen atoms in total. The smallest absolute Gasteiger partial charge is 0.312 e. The van der Waals surface area contributed by atoms with Crippen molar-refractivity contribution < 1.29 is 14.6 Å². The first-order chi connectivity index (χ1) is 6.45. The number of cyclic esters (lactones) is 1. The number of hydrogen-bond donors (Lipinski definition) is 1. The van der Waals surface area contributed by atoms with E-state index in [4.69, 9.17) is 4.74 Å². The Morgan fingerprint density at radius 1 is 1.43 bits per heavy atom. The van der Waals surface area contributed by atoms with Crippen LogP contribution in [0.5, 0.6) is 0 Å². The van der Waals surface area contributed by atoms with Crippen molar-refractivity contribution in [3.8, 4) is 0 Å². The van der Waals surface area contributed by atoms with E-state index in [1.54, 1.807) is 0 Å². The maximum Gasteiger partial charge on any atom is 0.312 e. The highest BCUT2D eigenvalue weighted by molar-refractivity contribution is 5.76. The lowest BCUT2D eigenvalue weighted by molar-refractivity contribution is -0.160. The number of aliphatic hydroxyl groups is 1. The largest absolute Gasteiger partial charge is 0.435 e. The Hall–Kier alpha value is -0.830. The number of ether oxygens (including phenoxy) is 1. The summed E-state index contributed by atoms with van der Waals surface area (Å²) in [6.45, 7) is 6.04. The van der Waals surface area contributed by atoms with Crippen molar-refractivity contribution in [2.75, 3.05) is 0 Å². The topological polar surface area (TPSA) is 46.5 Å². The first-order valence-corrected chi connectivity index (χ1v) is 4.99. The molecule has 2 aliphatic rings. The fraction of sp³-hybridized carbons (Fsp3) is 0.727. The fourth-order valence-electron chi connectivity index (χ4n) is 2.50. The summed E-state index contributed by atoms with van der Waals surface area (Å²) in [5.74, 6) is -0.395. The highest BCUT2D eigenvalue weighted by Crippen LogP contribution is 2.50. The van der Waals surface area contributed by atoms with Gasteiger partial charge in [-0.3, -0.25) is 4.79 Å². The minimum Gasteiger partial charge on any atom is -0.435 e. The number of carbonyl (C=O) groups is 1. The molecule has 2 rings (SSSR count). The summed E-state index contributed by atoms with van der Waals surface area (Å²) in [5, 5.41) is 9.69. The van der Waals surface area contributed by atoms with Crippen molar-refractivity contribution in [3.05, 3.63) is 11.1 Å². The van der Waals surface area contributed by atoms with Crippen LogP contribution in [0.1, 0.15) is 33.6 Å². The van der Waals surface area contributed by atoms with Crippen molar-refractivity contribution in [1.29, 1.82) is 0 Å². The second kappa shape index (κ2) is 2.83. The van der Waals surface area contributed by atoms with E-state index in [-0.39, 0.29) is 11.9 Å². The van der Waals surface area contributed by atoms with Crippen LogP contribution in [0.4, 0.5) is 0 Å². The SMILES string of the molecule is CC1=C(C)CC2(C)C(O)OC(=O)C2C1. The van der Waals surface area contributed by atoms with Gasteiger partial charge in [-0.1, -0.05) is 18.1 Å². The predicted molar refractivity (Wildman–Crippen MR) is 51.3 cm³/mol. The molecule has 1 heterocycles. The number of allylic oxidation sites excluding steroid dienone is 2. The highest BCUT2D eigenvalue weighted by atomic mass is 16.6. The molecule has 78 valence electrons. The van der Waals surface area contributed by atoms with Crippen molar-refractivity contribution >= 4 is 5.97 Å². The molecule has 0 amide bonds. The van der Waals surface area contributed by atoms with Gasteiger partial charge in [0.1, 0.15) is 0 Å². The maximum atomic E-state index is 11.5. The molecule has 0 bridgehead atoms. The number of esters is 1. The van der Waals surface area contributed by atoms with Gasteiger partial charge in [-0.15, -0.1) is 0 Å². The van der Waals surface area contributed by atoms with Crippen molar-refractivity contribution in [1.82, 2.24) is 0 Å². The van der Waals surface area contributed by atoms with E-state index in [2.05, 4.69) is 6.92 Å². The first-order valence-electron chi connectivity index (χ1n) is 4.99. The van der Waals surface area contributed by atoms with Crippen LogP contribution in [0, 0.1) is 11.3 Å². The van der Waals surface area contributed by atoms with Gasteiger partial charge in [-0.25, -0.2) is 0 Å². The number of hydrogen-bond acceptors (Lipinski definition) is 3. The normalized spacial score (nSPS) is 42.4. The molecule has 1 aliphatic heterocycles. The lowest BCUT2D eigenvalue weighted by Crippen LogP contribution is -2.36. The van der Waals surface area contributed by atoms with Crippen molar-refractivity contribution in [2.45, 2.75) is 39.9 Å². The van der Waals surface area contributed by atoms with Crippen LogP contribution >= 0.6 is 0 Å². The summed E-state index contributed by atoms with van der Waals surface area (Å²) in [6, 6.07) is 0. The number of carbonyl (C=O) groups excluding carboxylic acids is 1. The zero-order valence-electron chi connectivity index (χ0n) is 8.83. The quantitative estimate of drug-likeness (QED) is 0.473. The van der Waals surface area contributed by atoms with E-state index in [1.807, 2.05) is 13.8 Å². The third kappa shape index (κ3) is 1.12. The Morgan fingerprint density at radius 3 is 2.71 bits per heavy atom. The van der Waals surface area contributed by atoms with Crippen LogP contribution in [-0.2, 0) is 9.53 Å². The monoisotopic (exact) mass is 196 g/mol. The predicted octanol–water partition coefficient (Wildman–Crippen LogP) is 1.61. The number of fused-ring (bicyclic) bond motifs is 1. The van der Waals surface area contributed by atoms with Gasteiger partial charge in [0.2, 0.25) is 6.29 Å². The molecule has 1 aliphatic carbocycles. The maximum absolute atomic E-state index is 11.5. The van der Waals surface area contributed by atoms with E-state index < -0.39 is 11.7 Å². The summed E-state index contributed by atoms with van der Waals surface area (Å²) >= 11 is 0. The molecule has 0 aromatic carbocycles. The van der Waals surface area contributed by atoms with Gasteiger partial charge in [0.25, 0.3) is 0 Å². The minimum atomic E-state index is -0.928. The van der Waals surface area contributed by atoms with E-state index >= 15 is 0 Å². The van der Waals surface area contributed by atoms with Gasteiger partial charge in [-0.2, -0.15) is 0 Å². The Balaban J connectivity index is 2.38. The molecule has 0 spiro atoms. The van der Waals surface area contributed by atoms with Crippen LogP contribution in [0.15, 0.2) is 11.1 Å². The molecule has 3 unspecified atom stereocenters. The molecule has 1 saturated heterocycles. The summed E-state index contributed by atoms with van der Waals surface area (Å²) < 4.78 is 4.90. The van der Waals surface area contributed by atoms with Gasteiger partial charge in [-0.05, 0) is 26.7 Å². The molecular weight excluding hydrogens is 180 g/mol. The van der Waals surface area contributed by atoms with E-state index in [0.29, 0.717) is 0 Å². The third-order valence-corrected chi connectivity index (χ3v) is 3.76. The van der Waals surface area contributed by atoms with Gasteiger partial charge >= 0.3 is 5.97 Å². The number of aliphatic hydroxyl groups excluding tert-OH is 1. The highest BCUT2D eigenvalue weighted by Gasteiger charge is 2.55. The van der Waals surface area contributed by atoms with E-state index in [1.165, 1.54) is 11.1 Å². The second-order valence-corrected chi connectivity index (χ2v) is 4.79. The molecule has 3 heteroatoms. The molecule has 1 fully saturated rings. The van der Waals surface area contributed by atoms with Gasteiger partial charge in [0.05, 0.1) is 5.92 Å². The minimum absolute atomic E-state index is 0.152. The van der Waals surface area contributed by atoms with Crippen LogP contribution < -0.4 is 0 Å². The molecule has 0 aromatic heterocycles. The molecule has 0 saturated carbocycles. The van der Waals surface area contributed by atoms with Crippen LogP contribution in [0.3, 0.4) is 0 Å². The van der Waals surface area contributed by atoms with Gasteiger partial charge in [0.15, 0.2) is 0 Å². The molecule has 3 atom stereocenters. The van der Waals surface area contributed by atoms with Crippen molar-refractivity contribution in [2.24, 2.45) is 11.3 Å². The van der Waals surface area contributed by atoms with E-state index in [9.17, 15) is 9.90 Å². The third-order valence-electron chi connectivity index (χ3n) is 3.76. The number of rotatable bonds is 0. The molecule has 1 N–H and O–H groups in total. The zero-order chi connectivity index (χ0) is 10.5. The molecule has 14 heavy (non-hydrogen) atoms. The Labute approximate surface area is 83.8 Å². The summed E-state index contributed by atoms with van der Waals surface area (Å²) in [5.41, 5.74) is 2.14. The lowest BCUT2D eigenvalue weighted by Gasteiger charge is -2.35. The van der Waals surface area contributed by atoms with E-state index in [0.717, 1.165) is 12.8 Å². The average Bonchev–Trinajstić information content (AvgIpc) is 2.29. The van der Waals surface area contributed by atoms with Crippen molar-refractivity contribution in [3.63, 3.8) is 0 Å². The Bertz CT molecular complexity index is 318. The lowest BCUT2D eigenvalue weighted by atomic mass is 9.67. The Morgan fingerprint density at radius 2 is 2.07 bits per heavy atom.